The van der Waals surface area contributed by atoms with E-state index in [4.69, 9.17) is 4.74 Å². The fraction of sp³-hybridized carbons (Fsp3) is 0.641. The van der Waals surface area contributed by atoms with Crippen LogP contribution in [0.3, 0.4) is 0 Å². The van der Waals surface area contributed by atoms with Gasteiger partial charge in [-0.05, 0) is 56.9 Å². The van der Waals surface area contributed by atoms with Gasteiger partial charge in [-0.15, -0.1) is 0 Å². The number of nitrogens with zero attached hydrogens (tertiary/aromatic N) is 1. The molecule has 0 spiro atoms. The average Bonchev–Trinajstić information content (AvgIpc) is 3.08. The first kappa shape index (κ1) is 48.8. The van der Waals surface area contributed by atoms with Gasteiger partial charge in [0.1, 0.15) is 35.8 Å². The summed E-state index contributed by atoms with van der Waals surface area (Å²) < 4.78 is 5.44. The van der Waals surface area contributed by atoms with Crippen LogP contribution in [0, 0.1) is 17.8 Å². The van der Waals surface area contributed by atoms with E-state index in [0.717, 1.165) is 10.5 Å². The maximum atomic E-state index is 14.0. The molecule has 6 atom stereocenters. The van der Waals surface area contributed by atoms with Gasteiger partial charge in [-0.25, -0.2) is 9.59 Å². The van der Waals surface area contributed by atoms with Crippen LogP contribution < -0.4 is 26.6 Å². The van der Waals surface area contributed by atoms with Gasteiger partial charge in [0.05, 0.1) is 12.8 Å². The molecule has 0 aliphatic heterocycles. The number of benzene rings is 1. The van der Waals surface area contributed by atoms with E-state index in [1.54, 1.807) is 62.3 Å². The number of carbonyl (C=O) groups is 8. The van der Waals surface area contributed by atoms with Gasteiger partial charge in [0.25, 0.3) is 0 Å². The summed E-state index contributed by atoms with van der Waals surface area (Å²) in [5.74, 6) is -8.36. The quantitative estimate of drug-likeness (QED) is 0.0897. The van der Waals surface area contributed by atoms with Crippen molar-refractivity contribution in [3.63, 3.8) is 0 Å². The van der Waals surface area contributed by atoms with Crippen molar-refractivity contribution in [2.75, 3.05) is 13.6 Å². The van der Waals surface area contributed by atoms with Gasteiger partial charge < -0.3 is 41.5 Å². The third-order valence-electron chi connectivity index (χ3n) is 8.73. The van der Waals surface area contributed by atoms with Crippen molar-refractivity contribution in [3.8, 4) is 0 Å². The van der Waals surface area contributed by atoms with E-state index in [1.807, 2.05) is 30.3 Å². The van der Waals surface area contributed by atoms with E-state index < -0.39 is 108 Å². The molecule has 1 aromatic carbocycles. The normalized spacial score (nSPS) is 14.6. The van der Waals surface area contributed by atoms with Crippen molar-refractivity contribution in [1.29, 1.82) is 0 Å². The summed E-state index contributed by atoms with van der Waals surface area (Å²) in [4.78, 5) is 106. The van der Waals surface area contributed by atoms with Crippen LogP contribution in [-0.4, -0.2) is 112 Å². The zero-order chi connectivity index (χ0) is 42.9. The Morgan fingerprint density at radius 3 is 1.77 bits per heavy atom. The van der Waals surface area contributed by atoms with E-state index >= 15 is 0 Å². The topological polar surface area (TPSA) is 250 Å². The molecule has 0 radical (unpaired) electrons. The molecule has 7 N–H and O–H groups in total. The molecule has 0 aromatic heterocycles. The molecule has 1 aromatic rings. The highest BCUT2D eigenvalue weighted by Crippen LogP contribution is 2.17. The summed E-state index contributed by atoms with van der Waals surface area (Å²) in [6, 6.07) is 2.06. The van der Waals surface area contributed by atoms with Crippen LogP contribution >= 0.6 is 0 Å². The Bertz CT molecular complexity index is 1510. The maximum absolute atomic E-state index is 14.0. The molecule has 6 amide bonds. The number of carboxylic acids is 2. The second-order valence-corrected chi connectivity index (χ2v) is 15.7. The van der Waals surface area contributed by atoms with Crippen LogP contribution in [-0.2, 0) is 44.7 Å². The molecule has 0 heterocycles. The fourth-order valence-electron chi connectivity index (χ4n) is 5.65. The first-order valence-corrected chi connectivity index (χ1v) is 18.9. The number of hydrogen-bond donors (Lipinski definition) is 7. The number of carboxylic acid groups (broad SMARTS) is 2. The second-order valence-electron chi connectivity index (χ2n) is 15.7. The van der Waals surface area contributed by atoms with Crippen molar-refractivity contribution >= 4 is 47.6 Å². The fourth-order valence-corrected chi connectivity index (χ4v) is 5.65. The van der Waals surface area contributed by atoms with Crippen LogP contribution in [0.15, 0.2) is 30.3 Å². The first-order valence-electron chi connectivity index (χ1n) is 18.9. The van der Waals surface area contributed by atoms with Gasteiger partial charge >= 0.3 is 18.0 Å². The molecular weight excluding hydrogens is 728 g/mol. The molecule has 17 heteroatoms. The number of aliphatic carboxylic acids is 2. The summed E-state index contributed by atoms with van der Waals surface area (Å²) in [5, 5.41) is 31.6. The van der Waals surface area contributed by atoms with E-state index in [-0.39, 0.29) is 18.9 Å². The predicted molar refractivity (Wildman–Crippen MR) is 207 cm³/mol. The zero-order valence-corrected chi connectivity index (χ0v) is 34.3. The Balaban J connectivity index is 3.45. The molecule has 1 unspecified atom stereocenters. The number of rotatable bonds is 22. The van der Waals surface area contributed by atoms with Crippen LogP contribution in [0.5, 0.6) is 0 Å². The summed E-state index contributed by atoms with van der Waals surface area (Å²) in [5.41, 5.74) is 0.0847. The van der Waals surface area contributed by atoms with Crippen molar-refractivity contribution in [1.82, 2.24) is 31.5 Å². The lowest BCUT2D eigenvalue weighted by Gasteiger charge is -2.34. The highest BCUT2D eigenvalue weighted by Gasteiger charge is 2.38. The Kier molecular flexibility index (Phi) is 20.0. The number of nitrogens with one attached hydrogen (secondary N) is 5. The average molecular weight is 791 g/mol. The maximum Gasteiger partial charge on any atom is 0.410 e. The monoisotopic (exact) mass is 790 g/mol. The minimum Gasteiger partial charge on any atom is -0.481 e. The molecule has 0 saturated carbocycles. The van der Waals surface area contributed by atoms with Gasteiger partial charge in [-0.2, -0.15) is 0 Å². The number of hydrogen-bond acceptors (Lipinski definition) is 9. The van der Waals surface area contributed by atoms with E-state index in [0.29, 0.717) is 12.8 Å². The van der Waals surface area contributed by atoms with Gasteiger partial charge in [0.15, 0.2) is 0 Å². The van der Waals surface area contributed by atoms with Crippen molar-refractivity contribution in [2.45, 2.75) is 130 Å². The number of ether oxygens (including phenoxy) is 1. The number of likely N-dealkylation sites (N-methyl/N-ethyl adjacent to an activating group) is 1. The lowest BCUT2D eigenvalue weighted by atomic mass is 9.95. The lowest BCUT2D eigenvalue weighted by Crippen LogP contribution is -2.61. The van der Waals surface area contributed by atoms with E-state index in [9.17, 15) is 48.6 Å². The Labute approximate surface area is 329 Å². The van der Waals surface area contributed by atoms with E-state index in [1.165, 1.54) is 7.05 Å². The van der Waals surface area contributed by atoms with Crippen LogP contribution in [0.1, 0.15) is 93.6 Å². The van der Waals surface area contributed by atoms with Gasteiger partial charge in [0.2, 0.25) is 29.5 Å². The molecule has 0 fully saturated rings. The van der Waals surface area contributed by atoms with Crippen LogP contribution in [0.2, 0.25) is 0 Å². The highest BCUT2D eigenvalue weighted by atomic mass is 16.6. The minimum absolute atomic E-state index is 0.0185. The third-order valence-corrected chi connectivity index (χ3v) is 8.73. The van der Waals surface area contributed by atoms with Crippen LogP contribution in [0.25, 0.3) is 0 Å². The lowest BCUT2D eigenvalue weighted by molar-refractivity contribution is -0.144. The standard InChI is InChI=1S/C39H62N6O11/c1-11-24(6)31(44-36(52)32(23(4)5)45(10)38(55)56-39(7,8)9)35(51)42-26(20-29(46)40-18-17-25-15-13-12-14-16-25)33(49)41-27(21-30(47)48)34(50)43-28(37(53)54)19-22(2)3/h12-16,22-24,26-28,31-32H,11,17-21H2,1-10H3,(H,40,46)(H,41,49)(H,42,51)(H,43,50)(H,44,52)(H,47,48)(H,53,54)/t24?,26-,27-,28-,31-,32-/m0/s1. The Morgan fingerprint density at radius 2 is 1.29 bits per heavy atom. The third kappa shape index (κ3) is 17.5. The van der Waals surface area contributed by atoms with Gasteiger partial charge in [-0.3, -0.25) is 33.7 Å². The molecular formula is C39H62N6O11. The summed E-state index contributed by atoms with van der Waals surface area (Å²) in [7, 11) is 1.40. The SMILES string of the molecule is CCC(C)[C@H](NC(=O)[C@H](C(C)C)N(C)C(=O)OC(C)(C)C)C(=O)N[C@@H](CC(=O)NCCc1ccccc1)C(=O)N[C@@H](CC(=O)O)C(=O)N[C@@H](CC(C)C)C(=O)O. The molecule has 314 valence electrons. The first-order chi connectivity index (χ1) is 26.0. The highest BCUT2D eigenvalue weighted by molar-refractivity contribution is 5.98. The predicted octanol–water partition coefficient (Wildman–Crippen LogP) is 2.22. The molecule has 0 aliphatic carbocycles. The molecule has 1 rings (SSSR count). The second kappa shape index (κ2) is 23.0. The molecule has 0 bridgehead atoms. The molecule has 0 aliphatic rings. The largest absolute Gasteiger partial charge is 0.481 e. The summed E-state index contributed by atoms with van der Waals surface area (Å²) in [6.45, 7) is 15.6. The van der Waals surface area contributed by atoms with Crippen molar-refractivity contribution in [2.24, 2.45) is 17.8 Å². The molecule has 17 nitrogen and oxygen atoms in total. The summed E-state index contributed by atoms with van der Waals surface area (Å²) >= 11 is 0. The minimum atomic E-state index is -1.78. The zero-order valence-electron chi connectivity index (χ0n) is 34.3. The Hall–Kier alpha value is -5.22. The van der Waals surface area contributed by atoms with Crippen molar-refractivity contribution in [3.05, 3.63) is 35.9 Å². The smallest absolute Gasteiger partial charge is 0.410 e. The number of amides is 6. The Morgan fingerprint density at radius 1 is 0.750 bits per heavy atom. The molecule has 56 heavy (non-hydrogen) atoms. The molecule has 0 saturated heterocycles. The van der Waals surface area contributed by atoms with Crippen molar-refractivity contribution < 1.29 is 53.3 Å². The number of carbonyl (C=O) groups excluding carboxylic acids is 6. The van der Waals surface area contributed by atoms with Gasteiger partial charge in [0, 0.05) is 13.6 Å². The van der Waals surface area contributed by atoms with Crippen LogP contribution in [0.4, 0.5) is 4.79 Å². The van der Waals surface area contributed by atoms with E-state index in [2.05, 4.69) is 26.6 Å². The summed E-state index contributed by atoms with van der Waals surface area (Å²) in [6.07, 6.45) is -1.49. The van der Waals surface area contributed by atoms with Gasteiger partial charge in [-0.1, -0.05) is 78.3 Å².